The van der Waals surface area contributed by atoms with Gasteiger partial charge in [0.25, 0.3) is 5.91 Å². The van der Waals surface area contributed by atoms with E-state index in [4.69, 9.17) is 4.74 Å². The van der Waals surface area contributed by atoms with Crippen molar-refractivity contribution in [1.29, 1.82) is 0 Å². The monoisotopic (exact) mass is 339 g/mol. The van der Waals surface area contributed by atoms with Crippen LogP contribution in [0.25, 0.3) is 11.3 Å². The lowest BCUT2D eigenvalue weighted by Gasteiger charge is -2.09. The van der Waals surface area contributed by atoms with E-state index in [0.717, 1.165) is 33.9 Å². The van der Waals surface area contributed by atoms with Crippen LogP contribution in [-0.2, 0) is 0 Å². The molecule has 3 aromatic rings. The molecule has 0 saturated heterocycles. The van der Waals surface area contributed by atoms with Crippen molar-refractivity contribution in [1.82, 2.24) is 9.59 Å². The van der Waals surface area contributed by atoms with Gasteiger partial charge >= 0.3 is 0 Å². The molecule has 0 aliphatic carbocycles. The third-order valence-corrected chi connectivity index (χ3v) is 4.39. The summed E-state index contributed by atoms with van der Waals surface area (Å²) in [5.41, 5.74) is 4.32. The number of hydrogen-bond acceptors (Lipinski definition) is 5. The molecule has 0 saturated carbocycles. The number of carbonyl (C=O) groups is 1. The maximum Gasteiger partial charge on any atom is 0.269 e. The first-order chi connectivity index (χ1) is 11.6. The third kappa shape index (κ3) is 3.28. The van der Waals surface area contributed by atoms with Gasteiger partial charge < -0.3 is 10.1 Å². The van der Waals surface area contributed by atoms with Gasteiger partial charge in [-0.05, 0) is 49.1 Å². The minimum Gasteiger partial charge on any atom is -0.497 e. The highest BCUT2D eigenvalue weighted by Crippen LogP contribution is 2.28. The van der Waals surface area contributed by atoms with Crippen LogP contribution >= 0.6 is 11.5 Å². The summed E-state index contributed by atoms with van der Waals surface area (Å²) in [7, 11) is 1.60. The van der Waals surface area contributed by atoms with Crippen LogP contribution in [0.3, 0.4) is 0 Å². The SMILES string of the molecule is COc1cccc(-c2nnsc2C(=O)Nc2ccc(C)cc2C)c1. The van der Waals surface area contributed by atoms with Crippen molar-refractivity contribution >= 4 is 23.1 Å². The Balaban J connectivity index is 1.90. The van der Waals surface area contributed by atoms with E-state index in [0.29, 0.717) is 16.3 Å². The Morgan fingerprint density at radius 3 is 2.75 bits per heavy atom. The molecular weight excluding hydrogens is 322 g/mol. The first-order valence-corrected chi connectivity index (χ1v) is 8.21. The molecule has 1 heterocycles. The predicted molar refractivity (Wildman–Crippen MR) is 95.8 cm³/mol. The third-order valence-electron chi connectivity index (χ3n) is 3.67. The van der Waals surface area contributed by atoms with Crippen LogP contribution < -0.4 is 10.1 Å². The maximum atomic E-state index is 12.6. The molecule has 1 aromatic heterocycles. The molecule has 1 amide bonds. The molecule has 24 heavy (non-hydrogen) atoms. The fraction of sp³-hybridized carbons (Fsp3) is 0.167. The fourth-order valence-corrected chi connectivity index (χ4v) is 3.02. The number of anilines is 1. The first kappa shape index (κ1) is 16.1. The van der Waals surface area contributed by atoms with Crippen LogP contribution in [0.2, 0.25) is 0 Å². The Labute approximate surface area is 144 Å². The van der Waals surface area contributed by atoms with E-state index in [1.807, 2.05) is 56.3 Å². The standard InChI is InChI=1S/C18H17N3O2S/c1-11-7-8-15(12(2)9-11)19-18(22)17-16(20-21-24-17)13-5-4-6-14(10-13)23-3/h4-10H,1-3H3,(H,19,22). The van der Waals surface area contributed by atoms with Gasteiger partial charge in [0, 0.05) is 11.3 Å². The highest BCUT2D eigenvalue weighted by atomic mass is 32.1. The second-order valence-electron chi connectivity index (χ2n) is 5.46. The number of rotatable bonds is 4. The minimum absolute atomic E-state index is 0.213. The van der Waals surface area contributed by atoms with Crippen molar-refractivity contribution < 1.29 is 9.53 Å². The van der Waals surface area contributed by atoms with Crippen molar-refractivity contribution in [2.45, 2.75) is 13.8 Å². The molecule has 3 rings (SSSR count). The maximum absolute atomic E-state index is 12.6. The summed E-state index contributed by atoms with van der Waals surface area (Å²) in [6.45, 7) is 3.99. The summed E-state index contributed by atoms with van der Waals surface area (Å²) in [6, 6.07) is 13.3. The summed E-state index contributed by atoms with van der Waals surface area (Å²) in [5, 5.41) is 7.05. The number of nitrogens with zero attached hydrogens (tertiary/aromatic N) is 2. The number of aryl methyl sites for hydroxylation is 2. The van der Waals surface area contributed by atoms with Crippen molar-refractivity contribution in [3.8, 4) is 17.0 Å². The number of amides is 1. The van der Waals surface area contributed by atoms with Gasteiger partial charge in [0.2, 0.25) is 0 Å². The van der Waals surface area contributed by atoms with E-state index in [1.165, 1.54) is 0 Å². The molecule has 122 valence electrons. The average molecular weight is 339 g/mol. The zero-order valence-corrected chi connectivity index (χ0v) is 14.5. The molecule has 0 fully saturated rings. The molecule has 0 bridgehead atoms. The zero-order chi connectivity index (χ0) is 17.1. The molecule has 0 atom stereocenters. The van der Waals surface area contributed by atoms with Crippen LogP contribution in [-0.4, -0.2) is 22.6 Å². The van der Waals surface area contributed by atoms with Gasteiger partial charge in [-0.15, -0.1) is 5.10 Å². The summed E-state index contributed by atoms with van der Waals surface area (Å²) in [6.07, 6.45) is 0. The number of carbonyl (C=O) groups excluding carboxylic acids is 1. The Morgan fingerprint density at radius 2 is 2.00 bits per heavy atom. The van der Waals surface area contributed by atoms with E-state index in [9.17, 15) is 4.79 Å². The average Bonchev–Trinajstić information content (AvgIpc) is 3.07. The van der Waals surface area contributed by atoms with Crippen molar-refractivity contribution in [3.05, 3.63) is 58.5 Å². The van der Waals surface area contributed by atoms with Crippen LogP contribution in [0.5, 0.6) is 5.75 Å². The molecule has 2 aromatic carbocycles. The molecule has 0 radical (unpaired) electrons. The van der Waals surface area contributed by atoms with E-state index in [-0.39, 0.29) is 5.91 Å². The molecule has 0 spiro atoms. The molecule has 0 aliphatic rings. The van der Waals surface area contributed by atoms with Gasteiger partial charge in [0.15, 0.2) is 0 Å². The number of hydrogen-bond donors (Lipinski definition) is 1. The van der Waals surface area contributed by atoms with Crippen LogP contribution in [0, 0.1) is 13.8 Å². The van der Waals surface area contributed by atoms with Gasteiger partial charge in [-0.3, -0.25) is 4.79 Å². The second-order valence-corrected chi connectivity index (χ2v) is 6.21. The van der Waals surface area contributed by atoms with Crippen molar-refractivity contribution in [2.75, 3.05) is 12.4 Å². The first-order valence-electron chi connectivity index (χ1n) is 7.44. The van der Waals surface area contributed by atoms with Gasteiger partial charge in [0.1, 0.15) is 16.3 Å². The van der Waals surface area contributed by atoms with E-state index < -0.39 is 0 Å². The molecule has 6 heteroatoms. The van der Waals surface area contributed by atoms with Gasteiger partial charge in [-0.25, -0.2) is 0 Å². The Hall–Kier alpha value is -2.73. The summed E-state index contributed by atoms with van der Waals surface area (Å²) in [5.74, 6) is 0.496. The Morgan fingerprint density at radius 1 is 1.17 bits per heavy atom. The van der Waals surface area contributed by atoms with Crippen LogP contribution in [0.15, 0.2) is 42.5 Å². The summed E-state index contributed by atoms with van der Waals surface area (Å²) in [4.78, 5) is 13.1. The molecule has 0 aliphatic heterocycles. The molecule has 0 unspecified atom stereocenters. The summed E-state index contributed by atoms with van der Waals surface area (Å²) < 4.78 is 9.17. The lowest BCUT2D eigenvalue weighted by atomic mass is 10.1. The number of aromatic nitrogens is 2. The topological polar surface area (TPSA) is 64.1 Å². The predicted octanol–water partition coefficient (Wildman–Crippen LogP) is 4.08. The smallest absolute Gasteiger partial charge is 0.269 e. The largest absolute Gasteiger partial charge is 0.497 e. The van der Waals surface area contributed by atoms with Gasteiger partial charge in [0.05, 0.1) is 7.11 Å². The molecular formula is C18H17N3O2S. The van der Waals surface area contributed by atoms with Crippen molar-refractivity contribution in [3.63, 3.8) is 0 Å². The van der Waals surface area contributed by atoms with Crippen molar-refractivity contribution in [2.24, 2.45) is 0 Å². The van der Waals surface area contributed by atoms with E-state index in [1.54, 1.807) is 7.11 Å². The second kappa shape index (κ2) is 6.80. The summed E-state index contributed by atoms with van der Waals surface area (Å²) >= 11 is 1.08. The zero-order valence-electron chi connectivity index (χ0n) is 13.7. The highest BCUT2D eigenvalue weighted by molar-refractivity contribution is 7.08. The quantitative estimate of drug-likeness (QED) is 0.778. The van der Waals surface area contributed by atoms with Gasteiger partial charge in [-0.2, -0.15) is 0 Å². The lowest BCUT2D eigenvalue weighted by Crippen LogP contribution is -2.12. The fourth-order valence-electron chi connectivity index (χ4n) is 2.43. The minimum atomic E-state index is -0.213. The highest BCUT2D eigenvalue weighted by Gasteiger charge is 2.19. The molecule has 5 nitrogen and oxygen atoms in total. The normalized spacial score (nSPS) is 10.5. The number of ether oxygens (including phenoxy) is 1. The number of nitrogens with one attached hydrogen (secondary N) is 1. The van der Waals surface area contributed by atoms with E-state index in [2.05, 4.69) is 14.9 Å². The number of benzene rings is 2. The van der Waals surface area contributed by atoms with Crippen LogP contribution in [0.4, 0.5) is 5.69 Å². The Bertz CT molecular complexity index is 889. The number of methoxy groups -OCH3 is 1. The van der Waals surface area contributed by atoms with E-state index >= 15 is 0 Å². The Kier molecular flexibility index (Phi) is 4.57. The van der Waals surface area contributed by atoms with Gasteiger partial charge in [-0.1, -0.05) is 34.3 Å². The lowest BCUT2D eigenvalue weighted by molar-refractivity contribution is 0.103. The van der Waals surface area contributed by atoms with Crippen LogP contribution in [0.1, 0.15) is 20.8 Å². The molecule has 1 N–H and O–H groups in total.